The molecule has 1 unspecified atom stereocenters. The number of carbonyl (C=O) groups excluding carboxylic acids is 2. The van der Waals surface area contributed by atoms with Gasteiger partial charge in [-0.25, -0.2) is 4.98 Å². The van der Waals surface area contributed by atoms with Crippen molar-refractivity contribution in [2.45, 2.75) is 18.9 Å². The van der Waals surface area contributed by atoms with Gasteiger partial charge in [0.2, 0.25) is 5.91 Å². The molecule has 1 aliphatic heterocycles. The highest BCUT2D eigenvalue weighted by atomic mass is 32.1. The minimum Gasteiger partial charge on any atom is -0.334 e. The van der Waals surface area contributed by atoms with Crippen molar-refractivity contribution in [2.75, 3.05) is 18.4 Å². The van der Waals surface area contributed by atoms with Crippen molar-refractivity contribution in [3.63, 3.8) is 0 Å². The Labute approximate surface area is 153 Å². The second kappa shape index (κ2) is 6.85. The predicted octanol–water partition coefficient (Wildman–Crippen LogP) is 1.89. The van der Waals surface area contributed by atoms with E-state index in [-0.39, 0.29) is 24.4 Å². The first-order valence-corrected chi connectivity index (χ1v) is 9.18. The van der Waals surface area contributed by atoms with E-state index in [0.717, 1.165) is 23.1 Å². The van der Waals surface area contributed by atoms with Crippen molar-refractivity contribution >= 4 is 40.0 Å². The number of hydrogen-bond acceptors (Lipinski definition) is 6. The van der Waals surface area contributed by atoms with Crippen molar-refractivity contribution < 1.29 is 9.59 Å². The maximum absolute atomic E-state index is 12.6. The number of nitrogens with one attached hydrogen (secondary N) is 2. The van der Waals surface area contributed by atoms with Crippen LogP contribution in [0.2, 0.25) is 0 Å². The molecule has 1 aliphatic rings. The molecule has 0 radical (unpaired) electrons. The molecule has 4 heterocycles. The fourth-order valence-corrected chi connectivity index (χ4v) is 4.30. The highest BCUT2D eigenvalue weighted by Gasteiger charge is 2.30. The van der Waals surface area contributed by atoms with Crippen LogP contribution in [0.5, 0.6) is 0 Å². The van der Waals surface area contributed by atoms with E-state index in [4.69, 9.17) is 5.73 Å². The Kier molecular flexibility index (Phi) is 4.39. The Balaban J connectivity index is 1.52. The average Bonchev–Trinajstić information content (AvgIpc) is 3.40. The van der Waals surface area contributed by atoms with Crippen LogP contribution in [0.4, 0.5) is 5.82 Å². The first-order valence-electron chi connectivity index (χ1n) is 8.37. The van der Waals surface area contributed by atoms with Crippen LogP contribution in [-0.4, -0.2) is 45.0 Å². The molecule has 1 saturated heterocycles. The Hall–Kier alpha value is -2.78. The van der Waals surface area contributed by atoms with Crippen molar-refractivity contribution in [3.05, 3.63) is 40.2 Å². The smallest absolute Gasteiger partial charge is 0.266 e. The monoisotopic (exact) mass is 370 g/mol. The van der Waals surface area contributed by atoms with E-state index in [1.807, 2.05) is 17.0 Å². The molecule has 0 aromatic carbocycles. The third-order valence-corrected chi connectivity index (χ3v) is 5.68. The highest BCUT2D eigenvalue weighted by molar-refractivity contribution is 7.14. The molecule has 1 atom stereocenters. The molecule has 3 aromatic heterocycles. The molecule has 134 valence electrons. The normalized spacial score (nSPS) is 17.0. The van der Waals surface area contributed by atoms with E-state index in [9.17, 15) is 9.59 Å². The van der Waals surface area contributed by atoms with E-state index < -0.39 is 0 Å². The minimum absolute atomic E-state index is 0.00906. The van der Waals surface area contributed by atoms with Crippen molar-refractivity contribution in [1.29, 1.82) is 0 Å². The maximum Gasteiger partial charge on any atom is 0.266 e. The van der Waals surface area contributed by atoms with Gasteiger partial charge in [-0.1, -0.05) is 0 Å². The van der Waals surface area contributed by atoms with Crippen LogP contribution < -0.4 is 11.1 Å². The SMILES string of the molecule is NCC(=O)N1CCCC1c1ccc(C(=O)Nc2[nH]nc3ncccc23)s1. The molecule has 2 amide bonds. The van der Waals surface area contributed by atoms with Crippen LogP contribution in [0, 0.1) is 0 Å². The number of hydrogen-bond donors (Lipinski definition) is 3. The van der Waals surface area contributed by atoms with E-state index in [0.29, 0.717) is 22.9 Å². The van der Waals surface area contributed by atoms with E-state index in [2.05, 4.69) is 20.5 Å². The van der Waals surface area contributed by atoms with Crippen molar-refractivity contribution in [3.8, 4) is 0 Å². The average molecular weight is 370 g/mol. The van der Waals surface area contributed by atoms with Crippen LogP contribution in [0.1, 0.15) is 33.4 Å². The molecule has 0 bridgehead atoms. The molecular weight excluding hydrogens is 352 g/mol. The third-order valence-electron chi connectivity index (χ3n) is 4.49. The Morgan fingerprint density at radius 2 is 2.27 bits per heavy atom. The maximum atomic E-state index is 12.6. The number of aromatic nitrogens is 3. The summed E-state index contributed by atoms with van der Waals surface area (Å²) in [5.41, 5.74) is 6.05. The van der Waals surface area contributed by atoms with Gasteiger partial charge in [-0.05, 0) is 37.1 Å². The van der Waals surface area contributed by atoms with Crippen molar-refractivity contribution in [1.82, 2.24) is 20.1 Å². The summed E-state index contributed by atoms with van der Waals surface area (Å²) >= 11 is 1.40. The molecule has 0 saturated carbocycles. The summed E-state index contributed by atoms with van der Waals surface area (Å²) in [6.45, 7) is 0.726. The number of rotatable bonds is 4. The first kappa shape index (κ1) is 16.7. The van der Waals surface area contributed by atoms with Crippen molar-refractivity contribution in [2.24, 2.45) is 5.73 Å². The number of aromatic amines is 1. The van der Waals surface area contributed by atoms with Gasteiger partial charge in [0.25, 0.3) is 5.91 Å². The van der Waals surface area contributed by atoms with E-state index in [1.54, 1.807) is 18.3 Å². The summed E-state index contributed by atoms with van der Waals surface area (Å²) in [5.74, 6) is 0.252. The molecule has 0 aliphatic carbocycles. The lowest BCUT2D eigenvalue weighted by atomic mass is 10.2. The summed E-state index contributed by atoms with van der Waals surface area (Å²) in [4.78, 5) is 32.1. The second-order valence-electron chi connectivity index (χ2n) is 6.08. The van der Waals surface area contributed by atoms with E-state index in [1.165, 1.54) is 11.3 Å². The van der Waals surface area contributed by atoms with Gasteiger partial charge in [0, 0.05) is 17.6 Å². The van der Waals surface area contributed by atoms with Crippen LogP contribution in [0.25, 0.3) is 11.0 Å². The molecule has 0 spiro atoms. The van der Waals surface area contributed by atoms with Crippen LogP contribution in [-0.2, 0) is 4.79 Å². The number of nitrogens with two attached hydrogens (primary N) is 1. The molecule has 1 fully saturated rings. The molecular formula is C17H18N6O2S. The van der Waals surface area contributed by atoms with Gasteiger partial charge >= 0.3 is 0 Å². The predicted molar refractivity (Wildman–Crippen MR) is 98.9 cm³/mol. The van der Waals surface area contributed by atoms with E-state index >= 15 is 0 Å². The largest absolute Gasteiger partial charge is 0.334 e. The number of pyridine rings is 1. The van der Waals surface area contributed by atoms with Gasteiger partial charge in [-0.2, -0.15) is 5.10 Å². The summed E-state index contributed by atoms with van der Waals surface area (Å²) in [7, 11) is 0. The molecule has 8 nitrogen and oxygen atoms in total. The standard InChI is InChI=1S/C17H18N6O2S/c18-9-14(24)23-8-2-4-11(23)12-5-6-13(26-12)17(25)20-16-10-3-1-7-19-15(10)21-22-16/h1,3,5-7,11H,2,4,8-9,18H2,(H2,19,20,21,22,25). The van der Waals surface area contributed by atoms with Gasteiger partial charge in [0.15, 0.2) is 5.65 Å². The molecule has 26 heavy (non-hydrogen) atoms. The number of H-pyrrole nitrogens is 1. The number of carbonyl (C=O) groups is 2. The lowest BCUT2D eigenvalue weighted by Crippen LogP contribution is -2.35. The number of anilines is 1. The van der Waals surface area contributed by atoms with Crippen LogP contribution >= 0.6 is 11.3 Å². The molecule has 4 rings (SSSR count). The Morgan fingerprint density at radius 3 is 3.12 bits per heavy atom. The fourth-order valence-electron chi connectivity index (χ4n) is 3.25. The summed E-state index contributed by atoms with van der Waals surface area (Å²) in [5, 5.41) is 10.5. The first-order chi connectivity index (χ1) is 12.7. The quantitative estimate of drug-likeness (QED) is 0.648. The number of thiophene rings is 1. The number of nitrogens with zero attached hydrogens (tertiary/aromatic N) is 3. The van der Waals surface area contributed by atoms with Crippen LogP contribution in [0.15, 0.2) is 30.5 Å². The summed E-state index contributed by atoms with van der Waals surface area (Å²) < 4.78 is 0. The number of likely N-dealkylation sites (tertiary alicyclic amines) is 1. The van der Waals surface area contributed by atoms with Gasteiger partial charge in [0.1, 0.15) is 5.82 Å². The van der Waals surface area contributed by atoms with Crippen LogP contribution in [0.3, 0.4) is 0 Å². The summed E-state index contributed by atoms with van der Waals surface area (Å²) in [6.07, 6.45) is 3.49. The topological polar surface area (TPSA) is 117 Å². The Bertz CT molecular complexity index is 965. The van der Waals surface area contributed by atoms with Gasteiger partial charge in [-0.15, -0.1) is 11.3 Å². The molecule has 3 aromatic rings. The van der Waals surface area contributed by atoms with Gasteiger partial charge in [0.05, 0.1) is 22.8 Å². The molecule has 9 heteroatoms. The zero-order chi connectivity index (χ0) is 18.1. The zero-order valence-electron chi connectivity index (χ0n) is 13.9. The zero-order valence-corrected chi connectivity index (χ0v) is 14.8. The highest BCUT2D eigenvalue weighted by Crippen LogP contribution is 2.36. The third kappa shape index (κ3) is 2.95. The minimum atomic E-state index is -0.217. The second-order valence-corrected chi connectivity index (χ2v) is 7.19. The lowest BCUT2D eigenvalue weighted by Gasteiger charge is -2.23. The fraction of sp³-hybridized carbons (Fsp3) is 0.294. The van der Waals surface area contributed by atoms with Gasteiger partial charge in [-0.3, -0.25) is 14.7 Å². The Morgan fingerprint density at radius 1 is 1.38 bits per heavy atom. The number of fused-ring (bicyclic) bond motifs is 1. The number of amides is 2. The lowest BCUT2D eigenvalue weighted by molar-refractivity contribution is -0.130. The summed E-state index contributed by atoms with van der Waals surface area (Å²) in [6, 6.07) is 7.35. The molecule has 4 N–H and O–H groups in total. The van der Waals surface area contributed by atoms with Gasteiger partial charge < -0.3 is 16.0 Å².